The van der Waals surface area contributed by atoms with E-state index in [4.69, 9.17) is 4.74 Å². The van der Waals surface area contributed by atoms with Gasteiger partial charge in [0.1, 0.15) is 6.10 Å². The molecule has 2 aromatic heterocycles. The number of hydrogen-bond donors (Lipinski definition) is 1. The molecule has 0 aromatic carbocycles. The van der Waals surface area contributed by atoms with Gasteiger partial charge < -0.3 is 14.6 Å². The minimum Gasteiger partial charge on any atom is -0.372 e. The van der Waals surface area contributed by atoms with Crippen LogP contribution in [0.5, 0.6) is 0 Å². The summed E-state index contributed by atoms with van der Waals surface area (Å²) in [6.07, 6.45) is 8.59. The SMILES string of the molecule is CC(C)Cn1cc(C(=O)NC2CCOC(c3cncn3C)C2)cn1. The largest absolute Gasteiger partial charge is 0.372 e. The molecule has 1 aliphatic rings. The average Bonchev–Trinajstić information content (AvgIpc) is 3.16. The van der Waals surface area contributed by atoms with Gasteiger partial charge in [-0.05, 0) is 18.8 Å². The zero-order valence-electron chi connectivity index (χ0n) is 14.5. The van der Waals surface area contributed by atoms with Crippen LogP contribution in [0.15, 0.2) is 24.9 Å². The van der Waals surface area contributed by atoms with E-state index in [1.165, 1.54) is 0 Å². The number of ether oxygens (including phenoxy) is 1. The fourth-order valence-electron chi connectivity index (χ4n) is 3.04. The number of imidazole rings is 1. The lowest BCUT2D eigenvalue weighted by molar-refractivity contribution is -0.00301. The highest BCUT2D eigenvalue weighted by atomic mass is 16.5. The van der Waals surface area contributed by atoms with Crippen molar-refractivity contribution in [2.75, 3.05) is 6.61 Å². The van der Waals surface area contributed by atoms with E-state index in [-0.39, 0.29) is 18.1 Å². The first-order chi connectivity index (χ1) is 11.5. The molecule has 130 valence electrons. The Labute approximate surface area is 142 Å². The summed E-state index contributed by atoms with van der Waals surface area (Å²) in [5.41, 5.74) is 1.65. The van der Waals surface area contributed by atoms with Crippen molar-refractivity contribution in [3.8, 4) is 0 Å². The number of aryl methyl sites for hydroxylation is 1. The van der Waals surface area contributed by atoms with Gasteiger partial charge >= 0.3 is 0 Å². The van der Waals surface area contributed by atoms with E-state index in [1.807, 2.05) is 28.7 Å². The number of nitrogens with zero attached hydrogens (tertiary/aromatic N) is 4. The van der Waals surface area contributed by atoms with Crippen LogP contribution in [0, 0.1) is 5.92 Å². The van der Waals surface area contributed by atoms with Gasteiger partial charge in [0.15, 0.2) is 0 Å². The van der Waals surface area contributed by atoms with Gasteiger partial charge in [-0.25, -0.2) is 4.98 Å². The Morgan fingerprint density at radius 2 is 2.29 bits per heavy atom. The normalized spacial score (nSPS) is 21.2. The van der Waals surface area contributed by atoms with Crippen molar-refractivity contribution in [1.82, 2.24) is 24.6 Å². The third kappa shape index (κ3) is 3.84. The lowest BCUT2D eigenvalue weighted by Gasteiger charge is -2.30. The van der Waals surface area contributed by atoms with Crippen LogP contribution in [0.25, 0.3) is 0 Å². The maximum atomic E-state index is 12.4. The molecule has 7 heteroatoms. The van der Waals surface area contributed by atoms with E-state index in [1.54, 1.807) is 12.5 Å². The number of carbonyl (C=O) groups excluding carboxylic acids is 1. The molecule has 1 amide bonds. The summed E-state index contributed by atoms with van der Waals surface area (Å²) in [5.74, 6) is 0.427. The lowest BCUT2D eigenvalue weighted by Crippen LogP contribution is -2.40. The zero-order valence-corrected chi connectivity index (χ0v) is 14.5. The molecule has 2 atom stereocenters. The molecule has 24 heavy (non-hydrogen) atoms. The monoisotopic (exact) mass is 331 g/mol. The van der Waals surface area contributed by atoms with Crippen molar-refractivity contribution in [3.05, 3.63) is 36.2 Å². The summed E-state index contributed by atoms with van der Waals surface area (Å²) in [6, 6.07) is 0.0969. The predicted molar refractivity (Wildman–Crippen MR) is 89.5 cm³/mol. The Morgan fingerprint density at radius 1 is 1.46 bits per heavy atom. The van der Waals surface area contributed by atoms with Crippen LogP contribution in [0.3, 0.4) is 0 Å². The van der Waals surface area contributed by atoms with E-state index in [0.29, 0.717) is 18.1 Å². The summed E-state index contributed by atoms with van der Waals surface area (Å²) in [7, 11) is 1.96. The van der Waals surface area contributed by atoms with Gasteiger partial charge in [-0.15, -0.1) is 0 Å². The minimum absolute atomic E-state index is 0.0276. The number of rotatable bonds is 5. The number of nitrogens with one attached hydrogen (secondary N) is 1. The molecule has 0 spiro atoms. The van der Waals surface area contributed by atoms with Crippen molar-refractivity contribution >= 4 is 5.91 Å². The van der Waals surface area contributed by atoms with Crippen molar-refractivity contribution in [2.45, 2.75) is 45.4 Å². The van der Waals surface area contributed by atoms with Crippen molar-refractivity contribution in [2.24, 2.45) is 13.0 Å². The molecule has 1 fully saturated rings. The van der Waals surface area contributed by atoms with Crippen LogP contribution in [0.4, 0.5) is 0 Å². The molecule has 3 rings (SSSR count). The van der Waals surface area contributed by atoms with Gasteiger partial charge in [0, 0.05) is 32.4 Å². The summed E-state index contributed by atoms with van der Waals surface area (Å²) < 4.78 is 9.62. The van der Waals surface area contributed by atoms with E-state index in [2.05, 4.69) is 29.2 Å². The molecular weight excluding hydrogens is 306 g/mol. The molecule has 2 unspecified atom stereocenters. The van der Waals surface area contributed by atoms with Crippen LogP contribution in [0.1, 0.15) is 48.8 Å². The van der Waals surface area contributed by atoms with E-state index < -0.39 is 0 Å². The fourth-order valence-corrected chi connectivity index (χ4v) is 3.04. The summed E-state index contributed by atoms with van der Waals surface area (Å²) in [4.78, 5) is 16.6. The second-order valence-electron chi connectivity index (χ2n) is 6.83. The summed E-state index contributed by atoms with van der Waals surface area (Å²) in [6.45, 7) is 5.70. The van der Waals surface area contributed by atoms with Gasteiger partial charge in [0.05, 0.1) is 30.0 Å². The molecule has 0 bridgehead atoms. The molecule has 0 aliphatic carbocycles. The molecule has 0 saturated carbocycles. The maximum absolute atomic E-state index is 12.4. The Bertz CT molecular complexity index is 691. The first-order valence-electron chi connectivity index (χ1n) is 8.44. The Hall–Kier alpha value is -2.15. The summed E-state index contributed by atoms with van der Waals surface area (Å²) in [5, 5.41) is 7.37. The minimum atomic E-state index is -0.0688. The van der Waals surface area contributed by atoms with E-state index in [9.17, 15) is 4.79 Å². The smallest absolute Gasteiger partial charge is 0.254 e. The summed E-state index contributed by atoms with van der Waals surface area (Å²) >= 11 is 0. The maximum Gasteiger partial charge on any atom is 0.254 e. The van der Waals surface area contributed by atoms with Crippen molar-refractivity contribution in [1.29, 1.82) is 0 Å². The molecule has 1 aliphatic heterocycles. The van der Waals surface area contributed by atoms with Crippen LogP contribution in [-0.4, -0.2) is 37.9 Å². The molecule has 2 aromatic rings. The van der Waals surface area contributed by atoms with E-state index in [0.717, 1.165) is 25.1 Å². The van der Waals surface area contributed by atoms with Gasteiger partial charge in [0.2, 0.25) is 0 Å². The number of hydrogen-bond acceptors (Lipinski definition) is 4. The van der Waals surface area contributed by atoms with Crippen LogP contribution >= 0.6 is 0 Å². The van der Waals surface area contributed by atoms with Gasteiger partial charge in [-0.1, -0.05) is 13.8 Å². The van der Waals surface area contributed by atoms with Crippen LogP contribution < -0.4 is 5.32 Å². The molecule has 1 N–H and O–H groups in total. The van der Waals surface area contributed by atoms with E-state index >= 15 is 0 Å². The standard InChI is InChI=1S/C17H25N5O2/c1-12(2)9-22-10-13(7-19-22)17(23)20-14-4-5-24-16(6-14)15-8-18-11-21(15)3/h7-8,10-12,14,16H,4-6,9H2,1-3H3,(H,20,23). The first-order valence-corrected chi connectivity index (χ1v) is 8.44. The molecule has 7 nitrogen and oxygen atoms in total. The van der Waals surface area contributed by atoms with Crippen LogP contribution in [0.2, 0.25) is 0 Å². The second-order valence-corrected chi connectivity index (χ2v) is 6.83. The average molecular weight is 331 g/mol. The highest BCUT2D eigenvalue weighted by Crippen LogP contribution is 2.27. The molecule has 3 heterocycles. The predicted octanol–water partition coefficient (Wildman–Crippen LogP) is 1.92. The third-order valence-electron chi connectivity index (χ3n) is 4.25. The molecule has 0 radical (unpaired) electrons. The Morgan fingerprint density at radius 3 is 3.00 bits per heavy atom. The fraction of sp³-hybridized carbons (Fsp3) is 0.588. The highest BCUT2D eigenvalue weighted by molar-refractivity contribution is 5.93. The highest BCUT2D eigenvalue weighted by Gasteiger charge is 2.27. The number of carbonyl (C=O) groups is 1. The Kier molecular flexibility index (Phi) is 4.99. The quantitative estimate of drug-likeness (QED) is 0.908. The third-order valence-corrected chi connectivity index (χ3v) is 4.25. The van der Waals surface area contributed by atoms with Crippen molar-refractivity contribution in [3.63, 3.8) is 0 Å². The number of aromatic nitrogens is 4. The zero-order chi connectivity index (χ0) is 17.1. The van der Waals surface area contributed by atoms with Gasteiger partial charge in [-0.3, -0.25) is 9.48 Å². The second kappa shape index (κ2) is 7.17. The van der Waals surface area contributed by atoms with Gasteiger partial charge in [0.25, 0.3) is 5.91 Å². The van der Waals surface area contributed by atoms with Crippen molar-refractivity contribution < 1.29 is 9.53 Å². The molecule has 1 saturated heterocycles. The van der Waals surface area contributed by atoms with Crippen LogP contribution in [-0.2, 0) is 18.3 Å². The molecular formula is C17H25N5O2. The first kappa shape index (κ1) is 16.7. The topological polar surface area (TPSA) is 74.0 Å². The number of amides is 1. The Balaban J connectivity index is 1.60. The lowest BCUT2D eigenvalue weighted by atomic mass is 10.0. The van der Waals surface area contributed by atoms with Gasteiger partial charge in [-0.2, -0.15) is 5.10 Å².